The first-order valence-electron chi connectivity index (χ1n) is 6.90. The molecule has 0 aromatic carbocycles. The van der Waals surface area contributed by atoms with Gasteiger partial charge >= 0.3 is 0 Å². The molecule has 3 N–H and O–H groups in total. The summed E-state index contributed by atoms with van der Waals surface area (Å²) in [5, 5.41) is 14.0. The minimum absolute atomic E-state index is 0.0570. The molecule has 6 nitrogen and oxygen atoms in total. The zero-order chi connectivity index (χ0) is 13.6. The molecular weight excluding hydrogens is 244 g/mol. The van der Waals surface area contributed by atoms with Gasteiger partial charge < -0.3 is 15.7 Å². The number of hydrogen-bond acceptors (Lipinski definition) is 4. The maximum absolute atomic E-state index is 12.5. The summed E-state index contributed by atoms with van der Waals surface area (Å²) in [6.07, 6.45) is 3.16. The summed E-state index contributed by atoms with van der Waals surface area (Å²) >= 11 is 0. The first-order chi connectivity index (χ1) is 9.11. The van der Waals surface area contributed by atoms with Crippen LogP contribution in [0.1, 0.15) is 30.3 Å². The fourth-order valence-electron chi connectivity index (χ4n) is 3.43. The Morgan fingerprint density at radius 2 is 2.32 bits per heavy atom. The number of aryl methyl sites for hydroxylation is 1. The molecule has 1 aromatic heterocycles. The van der Waals surface area contributed by atoms with Gasteiger partial charge in [-0.15, -0.1) is 0 Å². The number of nitrogens with zero attached hydrogens (tertiary/aromatic N) is 3. The van der Waals surface area contributed by atoms with Crippen LogP contribution in [-0.2, 0) is 6.54 Å². The van der Waals surface area contributed by atoms with Crippen molar-refractivity contribution in [3.05, 3.63) is 11.9 Å². The van der Waals surface area contributed by atoms with E-state index in [1.165, 1.54) is 6.20 Å². The van der Waals surface area contributed by atoms with Gasteiger partial charge in [-0.05, 0) is 25.7 Å². The van der Waals surface area contributed by atoms with Gasteiger partial charge in [-0.25, -0.2) is 0 Å². The van der Waals surface area contributed by atoms with E-state index in [-0.39, 0.29) is 17.9 Å². The van der Waals surface area contributed by atoms with E-state index in [2.05, 4.69) is 5.10 Å². The molecule has 104 valence electrons. The van der Waals surface area contributed by atoms with Crippen LogP contribution in [0.2, 0.25) is 0 Å². The van der Waals surface area contributed by atoms with Crippen molar-refractivity contribution in [1.82, 2.24) is 14.7 Å². The molecule has 6 heteroatoms. The Labute approximate surface area is 112 Å². The van der Waals surface area contributed by atoms with Crippen molar-refractivity contribution >= 4 is 11.6 Å². The Morgan fingerprint density at radius 3 is 3.00 bits per heavy atom. The first kappa shape index (κ1) is 12.5. The average Bonchev–Trinajstić information content (AvgIpc) is 3.05. The highest BCUT2D eigenvalue weighted by molar-refractivity contribution is 5.97. The van der Waals surface area contributed by atoms with E-state index in [1.54, 1.807) is 4.68 Å². The number of aliphatic hydroxyl groups excluding tert-OH is 1. The molecular formula is C13H20N4O2. The normalized spacial score (nSPS) is 29.8. The molecule has 1 saturated heterocycles. The van der Waals surface area contributed by atoms with E-state index in [9.17, 15) is 9.90 Å². The molecule has 1 aliphatic heterocycles. The van der Waals surface area contributed by atoms with Crippen LogP contribution >= 0.6 is 0 Å². The number of rotatable bonds is 2. The number of likely N-dealkylation sites (tertiary alicyclic amines) is 1. The summed E-state index contributed by atoms with van der Waals surface area (Å²) in [6.45, 7) is 3.93. The molecule has 3 unspecified atom stereocenters. The standard InChI is InChI=1S/C13H20N4O2/c1-2-17-12(10(14)5-15-17)13(19)16-6-8-3-4-11(18)9(8)7-16/h5,8-9,11,18H,2-4,6-7,14H2,1H3. The van der Waals surface area contributed by atoms with Gasteiger partial charge in [0.15, 0.2) is 0 Å². The van der Waals surface area contributed by atoms with Gasteiger partial charge in [0, 0.05) is 25.6 Å². The fraction of sp³-hybridized carbons (Fsp3) is 0.692. The van der Waals surface area contributed by atoms with Crippen molar-refractivity contribution in [2.75, 3.05) is 18.8 Å². The van der Waals surface area contributed by atoms with Crippen molar-refractivity contribution in [3.8, 4) is 0 Å². The molecule has 1 aliphatic carbocycles. The molecule has 0 spiro atoms. The minimum Gasteiger partial charge on any atom is -0.396 e. The number of carbonyl (C=O) groups excluding carboxylic acids is 1. The molecule has 3 atom stereocenters. The number of hydrogen-bond donors (Lipinski definition) is 2. The summed E-state index contributed by atoms with van der Waals surface area (Å²) in [6, 6.07) is 0. The largest absolute Gasteiger partial charge is 0.396 e. The molecule has 2 heterocycles. The van der Waals surface area contributed by atoms with Crippen LogP contribution in [0.15, 0.2) is 6.20 Å². The molecule has 3 rings (SSSR count). The van der Waals surface area contributed by atoms with Crippen molar-refractivity contribution in [2.45, 2.75) is 32.4 Å². The van der Waals surface area contributed by atoms with Gasteiger partial charge in [0.1, 0.15) is 5.69 Å². The van der Waals surface area contributed by atoms with Crippen LogP contribution in [0.4, 0.5) is 5.69 Å². The number of anilines is 1. The molecule has 0 radical (unpaired) electrons. The van der Waals surface area contributed by atoms with Crippen molar-refractivity contribution in [2.24, 2.45) is 11.8 Å². The second-order valence-electron chi connectivity index (χ2n) is 5.54. The molecule has 0 bridgehead atoms. The summed E-state index contributed by atoms with van der Waals surface area (Å²) in [5.74, 6) is 0.625. The fourth-order valence-corrected chi connectivity index (χ4v) is 3.43. The Kier molecular flexibility index (Phi) is 2.97. The SMILES string of the molecule is CCn1ncc(N)c1C(=O)N1CC2CCC(O)C2C1. The maximum Gasteiger partial charge on any atom is 0.274 e. The second-order valence-corrected chi connectivity index (χ2v) is 5.54. The van der Waals surface area contributed by atoms with Crippen LogP contribution in [0.5, 0.6) is 0 Å². The van der Waals surface area contributed by atoms with E-state index in [1.807, 2.05) is 11.8 Å². The Hall–Kier alpha value is -1.56. The number of aliphatic hydroxyl groups is 1. The lowest BCUT2D eigenvalue weighted by molar-refractivity contribution is 0.0741. The van der Waals surface area contributed by atoms with Crippen molar-refractivity contribution in [3.63, 3.8) is 0 Å². The van der Waals surface area contributed by atoms with E-state index in [4.69, 9.17) is 5.73 Å². The highest BCUT2D eigenvalue weighted by atomic mass is 16.3. The number of amides is 1. The van der Waals surface area contributed by atoms with Crippen LogP contribution < -0.4 is 5.73 Å². The molecule has 19 heavy (non-hydrogen) atoms. The third-order valence-corrected chi connectivity index (χ3v) is 4.48. The maximum atomic E-state index is 12.5. The average molecular weight is 264 g/mol. The second kappa shape index (κ2) is 4.52. The molecule has 1 saturated carbocycles. The lowest BCUT2D eigenvalue weighted by atomic mass is 10.00. The number of fused-ring (bicyclic) bond motifs is 1. The van der Waals surface area contributed by atoms with E-state index in [0.29, 0.717) is 30.4 Å². The topological polar surface area (TPSA) is 84.4 Å². The minimum atomic E-state index is -0.253. The summed E-state index contributed by atoms with van der Waals surface area (Å²) < 4.78 is 1.64. The Morgan fingerprint density at radius 1 is 1.53 bits per heavy atom. The summed E-state index contributed by atoms with van der Waals surface area (Å²) in [5.41, 5.74) is 6.77. The predicted octanol–water partition coefficient (Wildman–Crippen LogP) is 0.328. The van der Waals surface area contributed by atoms with Crippen LogP contribution in [0.3, 0.4) is 0 Å². The summed E-state index contributed by atoms with van der Waals surface area (Å²) in [7, 11) is 0. The highest BCUT2D eigenvalue weighted by Gasteiger charge is 2.44. The van der Waals surface area contributed by atoms with Gasteiger partial charge in [0.05, 0.1) is 18.0 Å². The highest BCUT2D eigenvalue weighted by Crippen LogP contribution is 2.38. The molecule has 1 aromatic rings. The van der Waals surface area contributed by atoms with E-state index in [0.717, 1.165) is 19.4 Å². The zero-order valence-electron chi connectivity index (χ0n) is 11.1. The van der Waals surface area contributed by atoms with Crippen LogP contribution in [0.25, 0.3) is 0 Å². The van der Waals surface area contributed by atoms with Crippen molar-refractivity contribution < 1.29 is 9.90 Å². The number of nitrogen functional groups attached to an aromatic ring is 1. The zero-order valence-corrected chi connectivity index (χ0v) is 11.1. The van der Waals surface area contributed by atoms with Gasteiger partial charge in [0.2, 0.25) is 0 Å². The van der Waals surface area contributed by atoms with Gasteiger partial charge in [-0.2, -0.15) is 5.10 Å². The van der Waals surface area contributed by atoms with E-state index < -0.39 is 0 Å². The van der Waals surface area contributed by atoms with Gasteiger partial charge in [0.25, 0.3) is 5.91 Å². The third kappa shape index (κ3) is 1.90. The van der Waals surface area contributed by atoms with Crippen molar-refractivity contribution in [1.29, 1.82) is 0 Å². The quantitative estimate of drug-likeness (QED) is 0.806. The predicted molar refractivity (Wildman–Crippen MR) is 70.4 cm³/mol. The first-order valence-corrected chi connectivity index (χ1v) is 6.90. The smallest absolute Gasteiger partial charge is 0.274 e. The lowest BCUT2D eigenvalue weighted by Crippen LogP contribution is -2.33. The third-order valence-electron chi connectivity index (χ3n) is 4.48. The number of carbonyl (C=O) groups is 1. The Balaban J connectivity index is 1.80. The van der Waals surface area contributed by atoms with Crippen LogP contribution in [-0.4, -0.2) is 44.9 Å². The summed E-state index contributed by atoms with van der Waals surface area (Å²) in [4.78, 5) is 14.4. The van der Waals surface area contributed by atoms with Gasteiger partial charge in [-0.3, -0.25) is 9.48 Å². The number of aromatic nitrogens is 2. The lowest BCUT2D eigenvalue weighted by Gasteiger charge is -2.19. The number of nitrogens with two attached hydrogens (primary N) is 1. The van der Waals surface area contributed by atoms with E-state index >= 15 is 0 Å². The molecule has 2 fully saturated rings. The van der Waals surface area contributed by atoms with Crippen LogP contribution in [0, 0.1) is 11.8 Å². The van der Waals surface area contributed by atoms with Gasteiger partial charge in [-0.1, -0.05) is 0 Å². The Bertz CT molecular complexity index is 499. The molecule has 2 aliphatic rings. The molecule has 1 amide bonds. The monoisotopic (exact) mass is 264 g/mol.